The van der Waals surface area contributed by atoms with Crippen molar-refractivity contribution in [1.29, 1.82) is 0 Å². The molecule has 0 radical (unpaired) electrons. The number of nitrogens with one attached hydrogen (secondary N) is 1. The highest BCUT2D eigenvalue weighted by Gasteiger charge is 2.44. The first kappa shape index (κ1) is 25.1. The minimum Gasteiger partial charge on any atom is -0.493 e. The molecule has 38 heavy (non-hydrogen) atoms. The van der Waals surface area contributed by atoms with Crippen molar-refractivity contribution in [3.05, 3.63) is 72.0 Å². The summed E-state index contributed by atoms with van der Waals surface area (Å²) in [5.41, 5.74) is 4.03. The van der Waals surface area contributed by atoms with E-state index in [1.807, 2.05) is 26.0 Å². The van der Waals surface area contributed by atoms with Gasteiger partial charge < -0.3 is 14.8 Å². The van der Waals surface area contributed by atoms with Crippen LogP contribution in [0.15, 0.2) is 60.7 Å². The quantitative estimate of drug-likeness (QED) is 0.244. The summed E-state index contributed by atoms with van der Waals surface area (Å²) in [4.78, 5) is 7.44. The molecule has 1 saturated carbocycles. The average molecular weight is 532 g/mol. The van der Waals surface area contributed by atoms with Crippen molar-refractivity contribution in [2.75, 3.05) is 25.1 Å². The predicted octanol–water partition coefficient (Wildman–Crippen LogP) is 7.36. The van der Waals surface area contributed by atoms with Crippen molar-refractivity contribution >= 4 is 26.7 Å². The van der Waals surface area contributed by atoms with Gasteiger partial charge in [-0.15, -0.1) is 0 Å². The minimum atomic E-state index is -0.251. The molecule has 1 N–H and O–H groups in total. The Balaban J connectivity index is 1.24. The molecule has 0 bridgehead atoms. The second-order valence-electron chi connectivity index (χ2n) is 10.1. The molecule has 1 aromatic heterocycles. The Kier molecular flexibility index (Phi) is 7.22. The third-order valence-corrected chi connectivity index (χ3v) is 8.87. The maximum Gasteiger partial charge on any atom is 0.184 e. The number of anilines is 1. The second kappa shape index (κ2) is 10.9. The van der Waals surface area contributed by atoms with E-state index in [1.54, 1.807) is 23.5 Å². The van der Waals surface area contributed by atoms with Crippen LogP contribution in [0.2, 0.25) is 0 Å². The van der Waals surface area contributed by atoms with Gasteiger partial charge in [0.15, 0.2) is 5.13 Å². The molecule has 3 aromatic carbocycles. The van der Waals surface area contributed by atoms with Crippen LogP contribution in [-0.2, 0) is 6.54 Å². The maximum absolute atomic E-state index is 13.7. The van der Waals surface area contributed by atoms with Crippen molar-refractivity contribution in [1.82, 2.24) is 9.88 Å². The van der Waals surface area contributed by atoms with Crippen LogP contribution in [0.5, 0.6) is 11.5 Å². The van der Waals surface area contributed by atoms with Crippen molar-refractivity contribution in [3.8, 4) is 22.6 Å². The van der Waals surface area contributed by atoms with E-state index in [0.717, 1.165) is 58.3 Å². The molecule has 1 aliphatic carbocycles. The van der Waals surface area contributed by atoms with Crippen LogP contribution in [0.4, 0.5) is 9.52 Å². The molecule has 2 fully saturated rings. The van der Waals surface area contributed by atoms with Gasteiger partial charge in [0.2, 0.25) is 0 Å². The zero-order valence-electron chi connectivity index (χ0n) is 22.0. The number of para-hydroxylation sites is 1. The Bertz CT molecular complexity index is 1370. The second-order valence-corrected chi connectivity index (χ2v) is 11.1. The Labute approximate surface area is 227 Å². The summed E-state index contributed by atoms with van der Waals surface area (Å²) in [6, 6.07) is 20.1. The van der Waals surface area contributed by atoms with E-state index in [1.165, 1.54) is 29.7 Å². The SMILES string of the molecule is CCOc1ccc(CN2CCC3C(Nc4nc5ccccc5s4)CCC32)c(OCC)c1-c1ccc(F)cc1. The maximum atomic E-state index is 13.7. The highest BCUT2D eigenvalue weighted by molar-refractivity contribution is 7.22. The van der Waals surface area contributed by atoms with E-state index >= 15 is 0 Å². The molecular weight excluding hydrogens is 497 g/mol. The van der Waals surface area contributed by atoms with Gasteiger partial charge in [-0.05, 0) is 81.5 Å². The van der Waals surface area contributed by atoms with Crippen molar-refractivity contribution in [2.45, 2.75) is 51.7 Å². The first-order valence-electron chi connectivity index (χ1n) is 13.7. The standard InChI is InChI=1S/C31H34FN3O2S/c1-3-36-27-16-11-21(30(37-4-2)29(27)20-9-12-22(32)13-10-20)19-35-18-17-23-24(14-15-26(23)35)33-31-34-25-7-5-6-8-28(25)38-31/h5-13,16,23-24,26H,3-4,14-15,17-19H2,1-2H3,(H,33,34). The van der Waals surface area contributed by atoms with E-state index in [2.05, 4.69) is 34.5 Å². The number of benzene rings is 3. The number of ether oxygens (including phenoxy) is 2. The van der Waals surface area contributed by atoms with Gasteiger partial charge in [0, 0.05) is 24.2 Å². The third-order valence-electron chi connectivity index (χ3n) is 7.90. The fraction of sp³-hybridized carbons (Fsp3) is 0.387. The molecule has 6 rings (SSSR count). The fourth-order valence-corrected chi connectivity index (χ4v) is 7.20. The topological polar surface area (TPSA) is 46.6 Å². The molecule has 4 aromatic rings. The Hall–Kier alpha value is -3.16. The van der Waals surface area contributed by atoms with Gasteiger partial charge in [-0.2, -0.15) is 0 Å². The van der Waals surface area contributed by atoms with E-state index in [0.29, 0.717) is 31.2 Å². The van der Waals surface area contributed by atoms with E-state index in [9.17, 15) is 4.39 Å². The molecule has 0 spiro atoms. The molecule has 1 saturated heterocycles. The average Bonchev–Trinajstić information content (AvgIpc) is 3.63. The molecule has 2 aliphatic rings. The summed E-state index contributed by atoms with van der Waals surface area (Å²) < 4.78 is 27.2. The largest absolute Gasteiger partial charge is 0.493 e. The summed E-state index contributed by atoms with van der Waals surface area (Å²) in [6.45, 7) is 6.98. The summed E-state index contributed by atoms with van der Waals surface area (Å²) >= 11 is 1.75. The van der Waals surface area contributed by atoms with Gasteiger partial charge in [-0.25, -0.2) is 9.37 Å². The minimum absolute atomic E-state index is 0.251. The Morgan fingerprint density at radius 1 is 0.974 bits per heavy atom. The molecule has 3 unspecified atom stereocenters. The molecular formula is C31H34FN3O2S. The van der Waals surface area contributed by atoms with E-state index in [-0.39, 0.29) is 5.82 Å². The molecule has 198 valence electrons. The highest BCUT2D eigenvalue weighted by Crippen LogP contribution is 2.45. The van der Waals surface area contributed by atoms with Gasteiger partial charge in [0.25, 0.3) is 0 Å². The number of aromatic nitrogens is 1. The fourth-order valence-electron chi connectivity index (χ4n) is 6.27. The van der Waals surface area contributed by atoms with Gasteiger partial charge in [-0.3, -0.25) is 4.90 Å². The van der Waals surface area contributed by atoms with E-state index in [4.69, 9.17) is 14.5 Å². The lowest BCUT2D eigenvalue weighted by Crippen LogP contribution is -2.32. The van der Waals surface area contributed by atoms with Crippen molar-refractivity contribution in [3.63, 3.8) is 0 Å². The van der Waals surface area contributed by atoms with Gasteiger partial charge in [0.1, 0.15) is 17.3 Å². The molecule has 2 heterocycles. The summed E-state index contributed by atoms with van der Waals surface area (Å²) in [7, 11) is 0. The predicted molar refractivity (Wildman–Crippen MR) is 153 cm³/mol. The van der Waals surface area contributed by atoms with E-state index < -0.39 is 0 Å². The number of likely N-dealkylation sites (tertiary alicyclic amines) is 1. The summed E-state index contributed by atoms with van der Waals surface area (Å²) in [5.74, 6) is 1.97. The smallest absolute Gasteiger partial charge is 0.184 e. The molecule has 0 amide bonds. The summed E-state index contributed by atoms with van der Waals surface area (Å²) in [6.07, 6.45) is 3.52. The van der Waals surface area contributed by atoms with Crippen LogP contribution in [0.25, 0.3) is 21.3 Å². The Morgan fingerprint density at radius 3 is 2.58 bits per heavy atom. The lowest BCUT2D eigenvalue weighted by molar-refractivity contribution is 0.226. The molecule has 5 nitrogen and oxygen atoms in total. The number of hydrogen-bond acceptors (Lipinski definition) is 6. The Morgan fingerprint density at radius 2 is 1.79 bits per heavy atom. The lowest BCUT2D eigenvalue weighted by Gasteiger charge is -2.27. The molecule has 1 aliphatic heterocycles. The van der Waals surface area contributed by atoms with Gasteiger partial charge >= 0.3 is 0 Å². The number of nitrogens with zero attached hydrogens (tertiary/aromatic N) is 2. The van der Waals surface area contributed by atoms with Crippen LogP contribution >= 0.6 is 11.3 Å². The number of thiazole rings is 1. The van der Waals surface area contributed by atoms with Gasteiger partial charge in [-0.1, -0.05) is 41.7 Å². The highest BCUT2D eigenvalue weighted by atomic mass is 32.1. The monoisotopic (exact) mass is 531 g/mol. The number of halogens is 1. The zero-order chi connectivity index (χ0) is 26.1. The first-order valence-corrected chi connectivity index (χ1v) is 14.5. The van der Waals surface area contributed by atoms with Crippen molar-refractivity contribution < 1.29 is 13.9 Å². The normalized spacial score (nSPS) is 21.1. The number of hydrogen-bond donors (Lipinski definition) is 1. The zero-order valence-corrected chi connectivity index (χ0v) is 22.8. The van der Waals surface area contributed by atoms with Crippen LogP contribution in [0, 0.1) is 11.7 Å². The third kappa shape index (κ3) is 4.85. The van der Waals surface area contributed by atoms with Crippen LogP contribution in [0.3, 0.4) is 0 Å². The number of rotatable bonds is 9. The van der Waals surface area contributed by atoms with Crippen LogP contribution in [-0.4, -0.2) is 41.7 Å². The summed E-state index contributed by atoms with van der Waals surface area (Å²) in [5, 5.41) is 4.82. The van der Waals surface area contributed by atoms with Crippen LogP contribution in [0.1, 0.15) is 38.7 Å². The van der Waals surface area contributed by atoms with Gasteiger partial charge in [0.05, 0.1) is 29.0 Å². The van der Waals surface area contributed by atoms with Crippen LogP contribution < -0.4 is 14.8 Å². The van der Waals surface area contributed by atoms with Crippen molar-refractivity contribution in [2.24, 2.45) is 5.92 Å². The molecule has 3 atom stereocenters. The number of fused-ring (bicyclic) bond motifs is 2. The first-order chi connectivity index (χ1) is 18.6. The molecule has 7 heteroatoms. The lowest BCUT2D eigenvalue weighted by atomic mass is 9.98.